The minimum Gasteiger partial charge on any atom is -0.394 e. The van der Waals surface area contributed by atoms with E-state index < -0.39 is 0 Å². The third-order valence-electron chi connectivity index (χ3n) is 8.94. The molecule has 0 saturated carbocycles. The lowest BCUT2D eigenvalue weighted by Gasteiger charge is -2.25. The van der Waals surface area contributed by atoms with Crippen LogP contribution in [0.25, 0.3) is 0 Å². The van der Waals surface area contributed by atoms with Gasteiger partial charge in [0.05, 0.1) is 18.8 Å². The molecule has 46 heavy (non-hydrogen) atoms. The molecule has 3 heteroatoms. The Labute approximate surface area is 289 Å². The average molecular weight is 644 g/mol. The van der Waals surface area contributed by atoms with Gasteiger partial charge in [-0.3, -0.25) is 0 Å². The summed E-state index contributed by atoms with van der Waals surface area (Å²) >= 11 is 0. The zero-order valence-electron chi connectivity index (χ0n) is 31.6. The Balaban J connectivity index is 4.06. The van der Waals surface area contributed by atoms with E-state index in [0.717, 1.165) is 38.6 Å². The van der Waals surface area contributed by atoms with Crippen LogP contribution < -0.4 is 0 Å². The van der Waals surface area contributed by atoms with Crippen LogP contribution in [0.15, 0.2) is 48.6 Å². The number of aliphatic hydroxyl groups excluding tert-OH is 1. The van der Waals surface area contributed by atoms with Gasteiger partial charge in [-0.1, -0.05) is 152 Å². The van der Waals surface area contributed by atoms with Crippen molar-refractivity contribution in [1.29, 1.82) is 0 Å². The molecule has 0 aliphatic carbocycles. The lowest BCUT2D eigenvalue weighted by Crippen LogP contribution is -2.29. The van der Waals surface area contributed by atoms with Crippen molar-refractivity contribution in [1.82, 2.24) is 4.90 Å². The Morgan fingerprint density at radius 1 is 0.457 bits per heavy atom. The summed E-state index contributed by atoms with van der Waals surface area (Å²) < 4.78 is 6.50. The Morgan fingerprint density at radius 3 is 1.20 bits per heavy atom. The van der Waals surface area contributed by atoms with Crippen LogP contribution in [0.5, 0.6) is 0 Å². The molecule has 0 saturated heterocycles. The summed E-state index contributed by atoms with van der Waals surface area (Å²) in [6.45, 7) is 5.63. The maximum Gasteiger partial charge on any atom is 0.0821 e. The van der Waals surface area contributed by atoms with Crippen LogP contribution in [-0.4, -0.2) is 49.5 Å². The molecule has 0 fully saturated rings. The molecular weight excluding hydrogens is 562 g/mol. The highest BCUT2D eigenvalue weighted by Crippen LogP contribution is 2.19. The van der Waals surface area contributed by atoms with Crippen LogP contribution in [0.2, 0.25) is 0 Å². The molecule has 0 aliphatic heterocycles. The van der Waals surface area contributed by atoms with E-state index in [1.165, 1.54) is 141 Å². The highest BCUT2D eigenvalue weighted by atomic mass is 16.5. The molecular formula is C43H81NO2. The van der Waals surface area contributed by atoms with Gasteiger partial charge in [-0.25, -0.2) is 0 Å². The summed E-state index contributed by atoms with van der Waals surface area (Å²) in [4.78, 5) is 2.19. The van der Waals surface area contributed by atoms with E-state index >= 15 is 0 Å². The van der Waals surface area contributed by atoms with E-state index in [0.29, 0.717) is 6.10 Å². The first-order valence-corrected chi connectivity index (χ1v) is 20.1. The van der Waals surface area contributed by atoms with Gasteiger partial charge in [-0.2, -0.15) is 0 Å². The normalized spacial score (nSPS) is 13.3. The summed E-state index contributed by atoms with van der Waals surface area (Å²) in [7, 11) is 4.19. The fourth-order valence-corrected chi connectivity index (χ4v) is 5.88. The molecule has 0 bridgehead atoms. The van der Waals surface area contributed by atoms with Gasteiger partial charge in [-0.05, 0) is 97.6 Å². The predicted octanol–water partition coefficient (Wildman–Crippen LogP) is 13.1. The van der Waals surface area contributed by atoms with Crippen LogP contribution in [0.1, 0.15) is 187 Å². The van der Waals surface area contributed by atoms with Crippen LogP contribution >= 0.6 is 0 Å². The Kier molecular flexibility index (Phi) is 37.3. The fraction of sp³-hybridized carbons (Fsp3) is 0.814. The molecule has 0 radical (unpaired) electrons. The zero-order chi connectivity index (χ0) is 33.6. The summed E-state index contributed by atoms with van der Waals surface area (Å²) in [5, 5.41) is 9.95. The van der Waals surface area contributed by atoms with Crippen LogP contribution in [0.4, 0.5) is 0 Å². The van der Waals surface area contributed by atoms with Crippen molar-refractivity contribution >= 4 is 0 Å². The topological polar surface area (TPSA) is 32.7 Å². The number of rotatable bonds is 36. The molecule has 0 aromatic carbocycles. The number of unbranched alkanes of at least 4 members (excludes halogenated alkanes) is 18. The molecule has 0 spiro atoms. The number of hydrogen-bond acceptors (Lipinski definition) is 3. The number of nitrogens with zero attached hydrogens (tertiary/aromatic N) is 1. The van der Waals surface area contributed by atoms with Crippen molar-refractivity contribution in [3.63, 3.8) is 0 Å². The minimum atomic E-state index is -0.0263. The van der Waals surface area contributed by atoms with Gasteiger partial charge in [0, 0.05) is 6.54 Å². The summed E-state index contributed by atoms with van der Waals surface area (Å²) in [6.07, 6.45) is 53.2. The van der Waals surface area contributed by atoms with Gasteiger partial charge in [0.1, 0.15) is 0 Å². The van der Waals surface area contributed by atoms with Crippen molar-refractivity contribution in [2.24, 2.45) is 0 Å². The largest absolute Gasteiger partial charge is 0.394 e. The number of ether oxygens (including phenoxy) is 1. The minimum absolute atomic E-state index is 0.0263. The second-order valence-electron chi connectivity index (χ2n) is 13.9. The maximum atomic E-state index is 9.95. The Hall–Kier alpha value is -1.16. The van der Waals surface area contributed by atoms with Gasteiger partial charge < -0.3 is 14.7 Å². The SMILES string of the molecule is CCCCC/C=C\C/C=C\CCCCCCCCC(CCCCCCCC/C=C\C/C=C\CCCCC)OC(CO)CCN(C)C. The number of allylic oxidation sites excluding steroid dienone is 8. The van der Waals surface area contributed by atoms with E-state index in [1.54, 1.807) is 0 Å². The number of hydrogen-bond donors (Lipinski definition) is 1. The molecule has 1 unspecified atom stereocenters. The highest BCUT2D eigenvalue weighted by molar-refractivity contribution is 4.93. The Morgan fingerprint density at radius 2 is 0.826 bits per heavy atom. The number of aliphatic hydroxyl groups is 1. The monoisotopic (exact) mass is 644 g/mol. The van der Waals surface area contributed by atoms with Gasteiger partial charge in [0.15, 0.2) is 0 Å². The molecule has 1 atom stereocenters. The second kappa shape index (κ2) is 38.3. The lowest BCUT2D eigenvalue weighted by molar-refractivity contribution is -0.0528. The smallest absolute Gasteiger partial charge is 0.0821 e. The van der Waals surface area contributed by atoms with Crippen LogP contribution in [-0.2, 0) is 4.74 Å². The third-order valence-corrected chi connectivity index (χ3v) is 8.94. The zero-order valence-corrected chi connectivity index (χ0v) is 31.6. The van der Waals surface area contributed by atoms with Gasteiger partial charge in [-0.15, -0.1) is 0 Å². The standard InChI is InChI=1S/C43H81NO2/c1-5-7-9-11-13-15-17-19-21-23-25-27-29-31-33-35-37-42(46-43(41-45)39-40-44(3)4)38-36-34-32-30-28-26-24-22-20-18-16-14-12-10-8-6-2/h13-16,19-22,42-43,45H,5-12,17-18,23-41H2,1-4H3/b15-13-,16-14-,21-19-,22-20-. The molecule has 0 aliphatic rings. The predicted molar refractivity (Wildman–Crippen MR) is 207 cm³/mol. The van der Waals surface area contributed by atoms with Crippen LogP contribution in [0, 0.1) is 0 Å². The van der Waals surface area contributed by atoms with Crippen molar-refractivity contribution < 1.29 is 9.84 Å². The molecule has 0 aromatic heterocycles. The molecule has 3 nitrogen and oxygen atoms in total. The summed E-state index contributed by atoms with van der Waals surface area (Å²) in [5.74, 6) is 0. The first-order chi connectivity index (χ1) is 22.6. The molecule has 0 heterocycles. The lowest BCUT2D eigenvalue weighted by atomic mass is 10.0. The molecule has 0 rings (SSSR count). The molecule has 0 amide bonds. The van der Waals surface area contributed by atoms with E-state index in [2.05, 4.69) is 81.5 Å². The van der Waals surface area contributed by atoms with Gasteiger partial charge in [0.2, 0.25) is 0 Å². The second-order valence-corrected chi connectivity index (χ2v) is 13.9. The first kappa shape index (κ1) is 44.8. The van der Waals surface area contributed by atoms with Gasteiger partial charge >= 0.3 is 0 Å². The summed E-state index contributed by atoms with van der Waals surface area (Å²) in [6, 6.07) is 0. The van der Waals surface area contributed by atoms with Crippen molar-refractivity contribution in [2.45, 2.75) is 199 Å². The van der Waals surface area contributed by atoms with E-state index in [1.807, 2.05) is 0 Å². The molecule has 1 N–H and O–H groups in total. The highest BCUT2D eigenvalue weighted by Gasteiger charge is 2.16. The quantitative estimate of drug-likeness (QED) is 0.0544. The van der Waals surface area contributed by atoms with Gasteiger partial charge in [0.25, 0.3) is 0 Å². The van der Waals surface area contributed by atoms with Crippen molar-refractivity contribution in [3.8, 4) is 0 Å². The first-order valence-electron chi connectivity index (χ1n) is 20.1. The third kappa shape index (κ3) is 35.7. The average Bonchev–Trinajstić information content (AvgIpc) is 3.05. The van der Waals surface area contributed by atoms with Crippen LogP contribution in [0.3, 0.4) is 0 Å². The molecule has 270 valence electrons. The maximum absolute atomic E-state index is 9.95. The van der Waals surface area contributed by atoms with E-state index in [-0.39, 0.29) is 12.7 Å². The molecule has 0 aromatic rings. The Bertz CT molecular complexity index is 647. The summed E-state index contributed by atoms with van der Waals surface area (Å²) in [5.41, 5.74) is 0. The van der Waals surface area contributed by atoms with Crippen molar-refractivity contribution in [3.05, 3.63) is 48.6 Å². The van der Waals surface area contributed by atoms with Crippen molar-refractivity contribution in [2.75, 3.05) is 27.2 Å². The fourth-order valence-electron chi connectivity index (χ4n) is 5.88. The van der Waals surface area contributed by atoms with E-state index in [9.17, 15) is 5.11 Å². The van der Waals surface area contributed by atoms with E-state index in [4.69, 9.17) is 4.74 Å².